The lowest BCUT2D eigenvalue weighted by Crippen LogP contribution is -2.26. The van der Waals surface area contributed by atoms with Crippen molar-refractivity contribution >= 4 is 22.9 Å². The largest absolute Gasteiger partial charge is 0.303 e. The van der Waals surface area contributed by atoms with E-state index < -0.39 is 23.9 Å². The molecular weight excluding hydrogens is 224 g/mol. The van der Waals surface area contributed by atoms with Crippen molar-refractivity contribution in [2.24, 2.45) is 0 Å². The molecule has 1 rings (SSSR count). The number of hydrogen-bond acceptors (Lipinski definition) is 4. The summed E-state index contributed by atoms with van der Waals surface area (Å²) in [6.07, 6.45) is -0.795. The fourth-order valence-corrected chi connectivity index (χ4v) is 1.59. The first-order chi connectivity index (χ1) is 6.80. The van der Waals surface area contributed by atoms with Crippen molar-refractivity contribution in [3.63, 3.8) is 0 Å². The maximum Gasteiger partial charge on any atom is 0.303 e. The Morgan fingerprint density at radius 1 is 1.53 bits per heavy atom. The van der Waals surface area contributed by atoms with Crippen LogP contribution in [0.4, 0.5) is 8.78 Å². The van der Waals surface area contributed by atoms with E-state index >= 15 is 0 Å². The summed E-state index contributed by atoms with van der Waals surface area (Å²) in [5.41, 5.74) is 0.638. The van der Waals surface area contributed by atoms with Gasteiger partial charge in [0.2, 0.25) is 5.78 Å². The molecule has 1 aromatic rings. The van der Waals surface area contributed by atoms with Crippen LogP contribution in [0.3, 0.4) is 0 Å². The third kappa shape index (κ3) is 3.16. The van der Waals surface area contributed by atoms with E-state index in [2.05, 4.69) is 4.98 Å². The van der Waals surface area contributed by atoms with Crippen molar-refractivity contribution < 1.29 is 18.4 Å². The summed E-state index contributed by atoms with van der Waals surface area (Å²) in [5, 5.41) is 1.73. The van der Waals surface area contributed by atoms with Crippen LogP contribution in [0, 0.1) is 6.92 Å². The molecule has 3 nitrogen and oxygen atoms in total. The molecule has 0 saturated heterocycles. The van der Waals surface area contributed by atoms with Crippen molar-refractivity contribution in [2.75, 3.05) is 0 Å². The second-order valence-corrected chi connectivity index (χ2v) is 4.06. The van der Waals surface area contributed by atoms with Crippen LogP contribution in [0.5, 0.6) is 0 Å². The number of halogens is 2. The Labute approximate surface area is 89.1 Å². The summed E-state index contributed by atoms with van der Waals surface area (Å²) in [6.45, 7) is 2.17. The number of alkyl halides is 2. The molecule has 0 aromatic carbocycles. The Balaban J connectivity index is 2.69. The fraction of sp³-hybridized carbons (Fsp3) is 0.444. The summed E-state index contributed by atoms with van der Waals surface area (Å²) in [6, 6.07) is 0. The normalized spacial score (nSPS) is 11.5. The molecule has 15 heavy (non-hydrogen) atoms. The summed E-state index contributed by atoms with van der Waals surface area (Å²) < 4.78 is 25.0. The maximum absolute atomic E-state index is 12.5. The number of Topliss-reactive ketones (excluding diaryl/α,β-unsaturated/α-hetero) is 2. The Bertz CT molecular complexity index is 395. The van der Waals surface area contributed by atoms with E-state index in [0.29, 0.717) is 12.6 Å². The highest BCUT2D eigenvalue weighted by Gasteiger charge is 2.33. The van der Waals surface area contributed by atoms with Gasteiger partial charge in [0.1, 0.15) is 0 Å². The van der Waals surface area contributed by atoms with E-state index in [9.17, 15) is 18.4 Å². The van der Waals surface area contributed by atoms with Crippen LogP contribution in [0.25, 0.3) is 0 Å². The number of aromatic nitrogens is 1. The summed E-state index contributed by atoms with van der Waals surface area (Å²) in [7, 11) is 0. The van der Waals surface area contributed by atoms with Crippen LogP contribution in [-0.4, -0.2) is 22.5 Å². The summed E-state index contributed by atoms with van der Waals surface area (Å²) in [5.74, 6) is -5.48. The molecule has 0 aliphatic rings. The van der Waals surface area contributed by atoms with Gasteiger partial charge >= 0.3 is 5.92 Å². The van der Waals surface area contributed by atoms with Crippen LogP contribution >= 0.6 is 11.3 Å². The topological polar surface area (TPSA) is 47.0 Å². The van der Waals surface area contributed by atoms with Gasteiger partial charge in [-0.2, -0.15) is 8.78 Å². The van der Waals surface area contributed by atoms with Gasteiger partial charge in [-0.15, -0.1) is 11.3 Å². The zero-order valence-corrected chi connectivity index (χ0v) is 9.03. The highest BCUT2D eigenvalue weighted by Crippen LogP contribution is 2.18. The molecule has 0 aliphatic carbocycles. The van der Waals surface area contributed by atoms with Gasteiger partial charge in [0, 0.05) is 18.0 Å². The Morgan fingerprint density at radius 2 is 2.13 bits per heavy atom. The van der Waals surface area contributed by atoms with Gasteiger partial charge in [-0.25, -0.2) is 4.98 Å². The number of carbonyl (C=O) groups is 2. The molecule has 0 radical (unpaired) electrons. The Hall–Kier alpha value is -1.17. The van der Waals surface area contributed by atoms with Crippen LogP contribution in [0.15, 0.2) is 5.38 Å². The molecule has 0 amide bonds. The molecule has 0 bridgehead atoms. The van der Waals surface area contributed by atoms with Crippen molar-refractivity contribution in [3.8, 4) is 0 Å². The zero-order valence-electron chi connectivity index (χ0n) is 8.21. The molecule has 0 unspecified atom stereocenters. The molecule has 6 heteroatoms. The van der Waals surface area contributed by atoms with Crippen molar-refractivity contribution in [1.29, 1.82) is 0 Å². The molecule has 0 aliphatic heterocycles. The molecule has 0 fully saturated rings. The number of rotatable bonds is 4. The molecular formula is C9H9F2NO2S. The molecule has 1 heterocycles. The molecule has 0 spiro atoms. The van der Waals surface area contributed by atoms with Gasteiger partial charge in [-0.05, 0) is 6.92 Å². The number of thiazole rings is 1. The van der Waals surface area contributed by atoms with E-state index in [1.807, 2.05) is 0 Å². The van der Waals surface area contributed by atoms with Crippen molar-refractivity contribution in [3.05, 3.63) is 16.1 Å². The maximum atomic E-state index is 12.5. The number of ketones is 2. The Kier molecular flexibility index (Phi) is 3.28. The van der Waals surface area contributed by atoms with E-state index in [1.54, 1.807) is 12.3 Å². The van der Waals surface area contributed by atoms with Gasteiger partial charge in [-0.1, -0.05) is 0 Å². The van der Waals surface area contributed by atoms with Crippen LogP contribution in [-0.2, 0) is 4.79 Å². The molecule has 0 N–H and O–H groups in total. The highest BCUT2D eigenvalue weighted by atomic mass is 32.1. The predicted octanol–water partition coefficient (Wildman–Crippen LogP) is 2.25. The van der Waals surface area contributed by atoms with Gasteiger partial charge < -0.3 is 0 Å². The lowest BCUT2D eigenvalue weighted by atomic mass is 10.1. The lowest BCUT2D eigenvalue weighted by molar-refractivity contribution is -0.139. The molecule has 0 atom stereocenters. The van der Waals surface area contributed by atoms with Crippen LogP contribution in [0.2, 0.25) is 0 Å². The van der Waals surface area contributed by atoms with Crippen LogP contribution < -0.4 is 0 Å². The molecule has 1 aromatic heterocycles. The zero-order chi connectivity index (χ0) is 11.6. The second-order valence-electron chi connectivity index (χ2n) is 3.21. The smallest absolute Gasteiger partial charge is 0.292 e. The predicted molar refractivity (Wildman–Crippen MR) is 51.4 cm³/mol. The van der Waals surface area contributed by atoms with Gasteiger partial charge in [0.25, 0.3) is 0 Å². The van der Waals surface area contributed by atoms with Crippen molar-refractivity contribution in [1.82, 2.24) is 4.98 Å². The quantitative estimate of drug-likeness (QED) is 0.592. The standard InChI is InChI=1S/C9H9F2NO2S/c1-5-4-15-8(12-5)6(13)3-7(14)9(2,10)11/h4H,3H2,1-2H3. The second kappa shape index (κ2) is 4.14. The van der Waals surface area contributed by atoms with E-state index in [0.717, 1.165) is 11.3 Å². The van der Waals surface area contributed by atoms with Gasteiger partial charge in [0.05, 0.1) is 6.42 Å². The fourth-order valence-electron chi connectivity index (χ4n) is 0.859. The van der Waals surface area contributed by atoms with Gasteiger partial charge in [-0.3, -0.25) is 9.59 Å². The first-order valence-electron chi connectivity index (χ1n) is 4.17. The van der Waals surface area contributed by atoms with E-state index in [-0.39, 0.29) is 5.01 Å². The van der Waals surface area contributed by atoms with Crippen LogP contribution in [0.1, 0.15) is 28.8 Å². The minimum atomic E-state index is -3.46. The minimum absolute atomic E-state index is 0.102. The number of hydrogen-bond donors (Lipinski definition) is 0. The summed E-state index contributed by atoms with van der Waals surface area (Å²) >= 11 is 1.05. The van der Waals surface area contributed by atoms with Gasteiger partial charge in [0.15, 0.2) is 10.8 Å². The number of nitrogens with zero attached hydrogens (tertiary/aromatic N) is 1. The Morgan fingerprint density at radius 3 is 2.53 bits per heavy atom. The molecule has 0 saturated carbocycles. The third-order valence-electron chi connectivity index (χ3n) is 1.67. The average molecular weight is 233 g/mol. The van der Waals surface area contributed by atoms with E-state index in [1.165, 1.54) is 0 Å². The monoisotopic (exact) mass is 233 g/mol. The SMILES string of the molecule is Cc1csc(C(=O)CC(=O)C(C)(F)F)n1. The van der Waals surface area contributed by atoms with E-state index in [4.69, 9.17) is 0 Å². The highest BCUT2D eigenvalue weighted by molar-refractivity contribution is 7.11. The first kappa shape index (κ1) is 11.9. The van der Waals surface area contributed by atoms with Crippen molar-refractivity contribution in [2.45, 2.75) is 26.2 Å². The lowest BCUT2D eigenvalue weighted by Gasteiger charge is -2.06. The third-order valence-corrected chi connectivity index (χ3v) is 2.67. The minimum Gasteiger partial charge on any atom is -0.292 e. The molecule has 82 valence electrons. The number of aryl methyl sites for hydroxylation is 1. The average Bonchev–Trinajstić information content (AvgIpc) is 2.50. The summed E-state index contributed by atoms with van der Waals surface area (Å²) in [4.78, 5) is 26.0. The number of carbonyl (C=O) groups excluding carboxylic acids is 2. The first-order valence-corrected chi connectivity index (χ1v) is 5.05.